The number of carbonyl (C=O) groups is 1. The van der Waals surface area contributed by atoms with E-state index in [1.54, 1.807) is 12.1 Å². The molecular formula is C15H16N2O5S. The lowest BCUT2D eigenvalue weighted by Crippen LogP contribution is -2.14. The van der Waals surface area contributed by atoms with E-state index in [9.17, 15) is 13.2 Å². The molecule has 0 radical (unpaired) electrons. The number of aryl methyl sites for hydroxylation is 2. The summed E-state index contributed by atoms with van der Waals surface area (Å²) in [5.41, 5.74) is 0.731. The molecule has 122 valence electrons. The Kier molecular flexibility index (Phi) is 3.85. The Balaban J connectivity index is 1.81. The molecule has 1 aromatic carbocycles. The first kappa shape index (κ1) is 15.5. The summed E-state index contributed by atoms with van der Waals surface area (Å²) in [6.07, 6.45) is 1.78. The molecule has 0 atom stereocenters. The van der Waals surface area contributed by atoms with Crippen LogP contribution in [0.4, 0.5) is 5.69 Å². The van der Waals surface area contributed by atoms with Gasteiger partial charge in [-0.05, 0) is 38.8 Å². The van der Waals surface area contributed by atoms with E-state index >= 15 is 0 Å². The van der Waals surface area contributed by atoms with Gasteiger partial charge in [-0.3, -0.25) is 4.79 Å². The van der Waals surface area contributed by atoms with Gasteiger partial charge in [0.25, 0.3) is 0 Å². The van der Waals surface area contributed by atoms with Gasteiger partial charge in [0.1, 0.15) is 11.4 Å². The van der Waals surface area contributed by atoms with Crippen molar-refractivity contribution in [2.45, 2.75) is 31.6 Å². The molecule has 2 aromatic rings. The SMILES string of the molecule is Cc1noc(C)c1S(=O)(=O)Oc1cccc(NC(=O)C2CC2)c1. The van der Waals surface area contributed by atoms with Gasteiger partial charge < -0.3 is 14.0 Å². The quantitative estimate of drug-likeness (QED) is 0.842. The third-order valence-corrected chi connectivity index (χ3v) is 4.97. The van der Waals surface area contributed by atoms with Gasteiger partial charge in [0, 0.05) is 17.7 Å². The number of hydrogen-bond acceptors (Lipinski definition) is 6. The smallest absolute Gasteiger partial charge is 0.344 e. The number of amides is 1. The minimum absolute atomic E-state index is 0.0595. The highest BCUT2D eigenvalue weighted by Gasteiger charge is 2.30. The van der Waals surface area contributed by atoms with Crippen molar-refractivity contribution in [3.8, 4) is 5.75 Å². The van der Waals surface area contributed by atoms with Gasteiger partial charge in [0.15, 0.2) is 10.7 Å². The predicted molar refractivity (Wildman–Crippen MR) is 81.6 cm³/mol. The Bertz CT molecular complexity index is 833. The molecule has 1 aliphatic carbocycles. The van der Waals surface area contributed by atoms with Crippen LogP contribution < -0.4 is 9.50 Å². The van der Waals surface area contributed by atoms with Crippen molar-refractivity contribution in [1.29, 1.82) is 0 Å². The molecule has 7 nitrogen and oxygen atoms in total. The molecule has 1 amide bonds. The zero-order valence-corrected chi connectivity index (χ0v) is 13.5. The van der Waals surface area contributed by atoms with Crippen LogP contribution in [0.1, 0.15) is 24.3 Å². The molecule has 0 aliphatic heterocycles. The second-order valence-corrected chi connectivity index (χ2v) is 6.97. The summed E-state index contributed by atoms with van der Waals surface area (Å²) in [5, 5.41) is 6.36. The van der Waals surface area contributed by atoms with E-state index in [1.165, 1.54) is 26.0 Å². The fourth-order valence-electron chi connectivity index (χ4n) is 2.22. The van der Waals surface area contributed by atoms with E-state index < -0.39 is 10.1 Å². The molecule has 1 aliphatic rings. The van der Waals surface area contributed by atoms with Gasteiger partial charge in [-0.2, -0.15) is 8.42 Å². The zero-order valence-electron chi connectivity index (χ0n) is 12.7. The Morgan fingerprint density at radius 3 is 2.70 bits per heavy atom. The third-order valence-electron chi connectivity index (χ3n) is 3.47. The maximum Gasteiger partial charge on any atom is 0.344 e. The summed E-state index contributed by atoms with van der Waals surface area (Å²) in [6.45, 7) is 3.03. The number of carbonyl (C=O) groups excluding carboxylic acids is 1. The number of anilines is 1. The van der Waals surface area contributed by atoms with Gasteiger partial charge in [0.05, 0.1) is 0 Å². The van der Waals surface area contributed by atoms with E-state index in [0.29, 0.717) is 5.69 Å². The standard InChI is InChI=1S/C15H16N2O5S/c1-9-14(10(2)21-17-9)23(19,20)22-13-5-3-4-12(8-13)16-15(18)11-6-7-11/h3-5,8,11H,6-7H2,1-2H3,(H,16,18). The maximum atomic E-state index is 12.3. The van der Waals surface area contributed by atoms with Crippen LogP contribution in [0.2, 0.25) is 0 Å². The van der Waals surface area contributed by atoms with Crippen molar-refractivity contribution >= 4 is 21.7 Å². The van der Waals surface area contributed by atoms with E-state index in [0.717, 1.165) is 12.8 Å². The number of nitrogens with one attached hydrogen (secondary N) is 1. The molecule has 1 saturated carbocycles. The van der Waals surface area contributed by atoms with Crippen molar-refractivity contribution < 1.29 is 21.9 Å². The normalized spacial score (nSPS) is 14.5. The maximum absolute atomic E-state index is 12.3. The molecule has 8 heteroatoms. The van der Waals surface area contributed by atoms with E-state index in [2.05, 4.69) is 10.5 Å². The van der Waals surface area contributed by atoms with E-state index in [1.807, 2.05) is 0 Å². The van der Waals surface area contributed by atoms with Crippen molar-refractivity contribution in [2.24, 2.45) is 5.92 Å². The average Bonchev–Trinajstić information content (AvgIpc) is 3.24. The fraction of sp³-hybridized carbons (Fsp3) is 0.333. The molecule has 0 bridgehead atoms. The van der Waals surface area contributed by atoms with Gasteiger partial charge >= 0.3 is 10.1 Å². The predicted octanol–water partition coefficient (Wildman–Crippen LogP) is 2.41. The minimum Gasteiger partial charge on any atom is -0.379 e. The van der Waals surface area contributed by atoms with E-state index in [-0.39, 0.29) is 33.9 Å². The van der Waals surface area contributed by atoms with Crippen LogP contribution in [0.3, 0.4) is 0 Å². The fourth-order valence-corrected chi connectivity index (χ4v) is 3.44. The molecule has 23 heavy (non-hydrogen) atoms. The molecule has 0 unspecified atom stereocenters. The van der Waals surface area contributed by atoms with Crippen molar-refractivity contribution in [3.63, 3.8) is 0 Å². The molecule has 1 N–H and O–H groups in total. The van der Waals surface area contributed by atoms with Crippen LogP contribution in [-0.4, -0.2) is 19.5 Å². The van der Waals surface area contributed by atoms with Crippen molar-refractivity contribution in [2.75, 3.05) is 5.32 Å². The Morgan fingerprint density at radius 1 is 1.35 bits per heavy atom. The molecule has 0 saturated heterocycles. The van der Waals surface area contributed by atoms with Gasteiger partial charge in [-0.25, -0.2) is 0 Å². The highest BCUT2D eigenvalue weighted by Crippen LogP contribution is 2.31. The first-order valence-electron chi connectivity index (χ1n) is 7.15. The van der Waals surface area contributed by atoms with Crippen LogP contribution in [0, 0.1) is 19.8 Å². The molecular weight excluding hydrogens is 320 g/mol. The largest absolute Gasteiger partial charge is 0.379 e. The lowest BCUT2D eigenvalue weighted by atomic mass is 10.3. The second-order valence-electron chi connectivity index (χ2n) is 5.48. The van der Waals surface area contributed by atoms with Crippen molar-refractivity contribution in [3.05, 3.63) is 35.7 Å². The lowest BCUT2D eigenvalue weighted by Gasteiger charge is -2.09. The van der Waals surface area contributed by atoms with Crippen LogP contribution in [0.25, 0.3) is 0 Å². The Hall–Kier alpha value is -2.35. The minimum atomic E-state index is -4.05. The zero-order chi connectivity index (χ0) is 16.6. The van der Waals surface area contributed by atoms with Crippen LogP contribution >= 0.6 is 0 Å². The molecule has 1 heterocycles. The molecule has 3 rings (SSSR count). The number of rotatable bonds is 5. The number of benzene rings is 1. The first-order chi connectivity index (χ1) is 10.9. The molecule has 0 spiro atoms. The number of nitrogens with zero attached hydrogens (tertiary/aromatic N) is 1. The summed E-state index contributed by atoms with van der Waals surface area (Å²) in [6, 6.07) is 6.26. The lowest BCUT2D eigenvalue weighted by molar-refractivity contribution is -0.117. The van der Waals surface area contributed by atoms with E-state index in [4.69, 9.17) is 8.71 Å². The van der Waals surface area contributed by atoms with Gasteiger partial charge in [-0.15, -0.1) is 0 Å². The molecule has 1 fully saturated rings. The number of aromatic nitrogens is 1. The second kappa shape index (κ2) is 5.69. The average molecular weight is 336 g/mol. The topological polar surface area (TPSA) is 98.5 Å². The summed E-state index contributed by atoms with van der Waals surface area (Å²) >= 11 is 0. The van der Waals surface area contributed by atoms with Gasteiger partial charge in [0.2, 0.25) is 5.91 Å². The highest BCUT2D eigenvalue weighted by molar-refractivity contribution is 7.87. The first-order valence-corrected chi connectivity index (χ1v) is 8.56. The van der Waals surface area contributed by atoms with Gasteiger partial charge in [-0.1, -0.05) is 11.2 Å². The monoisotopic (exact) mass is 336 g/mol. The summed E-state index contributed by atoms with van der Waals surface area (Å²) in [7, 11) is -4.05. The van der Waals surface area contributed by atoms with Crippen LogP contribution in [0.15, 0.2) is 33.7 Å². The highest BCUT2D eigenvalue weighted by atomic mass is 32.2. The Morgan fingerprint density at radius 2 is 2.09 bits per heavy atom. The Labute approximate surface area is 133 Å². The summed E-state index contributed by atoms with van der Waals surface area (Å²) in [4.78, 5) is 11.7. The van der Waals surface area contributed by atoms with Crippen molar-refractivity contribution in [1.82, 2.24) is 5.16 Å². The molecule has 1 aromatic heterocycles. The summed E-state index contributed by atoms with van der Waals surface area (Å²) in [5.74, 6) is 0.278. The third kappa shape index (κ3) is 3.37. The summed E-state index contributed by atoms with van der Waals surface area (Å²) < 4.78 is 34.7. The van der Waals surface area contributed by atoms with Crippen LogP contribution in [-0.2, 0) is 14.9 Å². The van der Waals surface area contributed by atoms with Crippen LogP contribution in [0.5, 0.6) is 5.75 Å². The number of hydrogen-bond donors (Lipinski definition) is 1.